The summed E-state index contributed by atoms with van der Waals surface area (Å²) in [7, 11) is -3.60. The molecular formula is C22H27ClFN3O3S2. The van der Waals surface area contributed by atoms with Gasteiger partial charge in [-0.1, -0.05) is 50.3 Å². The molecule has 2 aromatic carbocycles. The Kier molecular flexibility index (Phi) is 9.15. The number of benzene rings is 2. The Balaban J connectivity index is 0.00000363. The van der Waals surface area contributed by atoms with Gasteiger partial charge in [-0.25, -0.2) is 17.8 Å². The van der Waals surface area contributed by atoms with Crippen molar-refractivity contribution in [1.82, 2.24) is 9.88 Å². The number of sulfone groups is 1. The van der Waals surface area contributed by atoms with Crippen molar-refractivity contribution in [3.63, 3.8) is 0 Å². The Morgan fingerprint density at radius 1 is 1.03 bits per heavy atom. The molecule has 1 heterocycles. The molecule has 10 heteroatoms. The minimum absolute atomic E-state index is 0. The second-order valence-corrected chi connectivity index (χ2v) is 10.2. The van der Waals surface area contributed by atoms with Gasteiger partial charge in [0.1, 0.15) is 11.3 Å². The van der Waals surface area contributed by atoms with Crippen molar-refractivity contribution in [3.05, 3.63) is 53.8 Å². The molecule has 0 aliphatic rings. The average molecular weight is 500 g/mol. The van der Waals surface area contributed by atoms with Crippen LogP contribution < -0.4 is 4.90 Å². The second-order valence-electron chi connectivity index (χ2n) is 6.97. The number of anilines is 1. The summed E-state index contributed by atoms with van der Waals surface area (Å²) < 4.78 is 40.0. The first kappa shape index (κ1) is 26.2. The van der Waals surface area contributed by atoms with E-state index in [9.17, 15) is 17.6 Å². The number of halogens is 2. The number of hydrogen-bond donors (Lipinski definition) is 0. The predicted octanol–water partition coefficient (Wildman–Crippen LogP) is 4.64. The molecule has 3 aromatic rings. The molecule has 1 aromatic heterocycles. The van der Waals surface area contributed by atoms with Gasteiger partial charge in [-0.2, -0.15) is 0 Å². The molecule has 0 fully saturated rings. The highest BCUT2D eigenvalue weighted by Crippen LogP contribution is 2.32. The molecule has 0 saturated carbocycles. The van der Waals surface area contributed by atoms with Gasteiger partial charge in [-0.15, -0.1) is 12.4 Å². The zero-order valence-electron chi connectivity index (χ0n) is 18.2. The van der Waals surface area contributed by atoms with E-state index in [-0.39, 0.29) is 34.1 Å². The first-order chi connectivity index (χ1) is 14.8. The third kappa shape index (κ3) is 5.46. The fourth-order valence-electron chi connectivity index (χ4n) is 3.30. The van der Waals surface area contributed by atoms with Gasteiger partial charge in [-0.3, -0.25) is 9.69 Å². The van der Waals surface area contributed by atoms with Crippen LogP contribution in [0.3, 0.4) is 0 Å². The zero-order chi connectivity index (χ0) is 22.6. The lowest BCUT2D eigenvalue weighted by molar-refractivity contribution is 0.0980. The molecule has 0 saturated heterocycles. The Labute approximate surface area is 198 Å². The molecule has 0 N–H and O–H groups in total. The first-order valence-corrected chi connectivity index (χ1v) is 12.7. The molecule has 0 aliphatic carbocycles. The second kappa shape index (κ2) is 11.2. The summed E-state index contributed by atoms with van der Waals surface area (Å²) >= 11 is 1.21. The van der Waals surface area contributed by atoms with Crippen molar-refractivity contribution in [3.8, 4) is 0 Å². The number of hydrogen-bond acceptors (Lipinski definition) is 6. The van der Waals surface area contributed by atoms with Crippen molar-refractivity contribution >= 4 is 54.8 Å². The van der Waals surface area contributed by atoms with Crippen molar-refractivity contribution in [1.29, 1.82) is 0 Å². The lowest BCUT2D eigenvalue weighted by atomic mass is 10.2. The number of amides is 1. The number of para-hydroxylation sites is 1. The van der Waals surface area contributed by atoms with Crippen LogP contribution in [0.25, 0.3) is 10.2 Å². The molecule has 1 amide bonds. The number of carbonyl (C=O) groups is 1. The maximum atomic E-state index is 14.2. The van der Waals surface area contributed by atoms with Crippen molar-refractivity contribution in [2.24, 2.45) is 0 Å². The van der Waals surface area contributed by atoms with E-state index in [0.717, 1.165) is 13.1 Å². The summed E-state index contributed by atoms with van der Waals surface area (Å²) in [5, 5.41) is 0.348. The van der Waals surface area contributed by atoms with E-state index in [1.165, 1.54) is 34.4 Å². The monoisotopic (exact) mass is 499 g/mol. The standard InChI is InChI=1S/C22H26FN3O3S2.ClH/c1-4-25(5-2)14-15-26(22-24-20-17(23)11-9-12-18(20)30-22)21(27)16-10-7-8-13-19(16)31(28,29)6-3;/h7-13H,4-6,14-15H2,1-3H3;1H. The van der Waals surface area contributed by atoms with E-state index in [0.29, 0.717) is 22.9 Å². The lowest BCUT2D eigenvalue weighted by Gasteiger charge is -2.25. The Hall–Kier alpha value is -2.07. The van der Waals surface area contributed by atoms with Gasteiger partial charge in [0.05, 0.1) is 20.9 Å². The maximum Gasteiger partial charge on any atom is 0.261 e. The number of fused-ring (bicyclic) bond motifs is 1. The number of likely N-dealkylation sites (N-methyl/N-ethyl adjacent to an activating group) is 1. The fourth-order valence-corrected chi connectivity index (χ4v) is 5.39. The maximum absolute atomic E-state index is 14.2. The van der Waals surface area contributed by atoms with E-state index in [4.69, 9.17) is 0 Å². The quantitative estimate of drug-likeness (QED) is 0.429. The predicted molar refractivity (Wildman–Crippen MR) is 130 cm³/mol. The number of nitrogens with zero attached hydrogens (tertiary/aromatic N) is 3. The highest BCUT2D eigenvalue weighted by Gasteiger charge is 2.27. The molecule has 6 nitrogen and oxygen atoms in total. The lowest BCUT2D eigenvalue weighted by Crippen LogP contribution is -2.39. The summed E-state index contributed by atoms with van der Waals surface area (Å²) in [6.07, 6.45) is 0. The third-order valence-corrected chi connectivity index (χ3v) is 8.03. The summed E-state index contributed by atoms with van der Waals surface area (Å²) in [5.41, 5.74) is 0.307. The van der Waals surface area contributed by atoms with Gasteiger partial charge >= 0.3 is 0 Å². The van der Waals surface area contributed by atoms with E-state index < -0.39 is 21.6 Å². The summed E-state index contributed by atoms with van der Waals surface area (Å²) in [6.45, 7) is 8.13. The summed E-state index contributed by atoms with van der Waals surface area (Å²) in [5.74, 6) is -1.02. The molecule has 0 atom stereocenters. The van der Waals surface area contributed by atoms with Gasteiger partial charge in [-0.05, 0) is 37.4 Å². The Morgan fingerprint density at radius 2 is 1.72 bits per heavy atom. The van der Waals surface area contributed by atoms with E-state index in [2.05, 4.69) is 9.88 Å². The van der Waals surface area contributed by atoms with E-state index in [1.54, 1.807) is 31.2 Å². The number of thiazole rings is 1. The smallest absolute Gasteiger partial charge is 0.261 e. The van der Waals surface area contributed by atoms with Crippen molar-refractivity contribution < 1.29 is 17.6 Å². The molecule has 3 rings (SSSR count). The van der Waals surface area contributed by atoms with Crippen LogP contribution in [0.2, 0.25) is 0 Å². The average Bonchev–Trinajstić information content (AvgIpc) is 3.22. The molecule has 0 aliphatic heterocycles. The Bertz CT molecular complexity index is 1180. The summed E-state index contributed by atoms with van der Waals surface area (Å²) in [6, 6.07) is 10.9. The van der Waals surface area contributed by atoms with Crippen molar-refractivity contribution in [2.45, 2.75) is 25.7 Å². The fraction of sp³-hybridized carbons (Fsp3) is 0.364. The third-order valence-electron chi connectivity index (χ3n) is 5.20. The van der Waals surface area contributed by atoms with Crippen LogP contribution in [0, 0.1) is 5.82 Å². The van der Waals surface area contributed by atoms with Crippen LogP contribution in [-0.4, -0.2) is 56.1 Å². The highest BCUT2D eigenvalue weighted by molar-refractivity contribution is 7.91. The minimum atomic E-state index is -3.60. The van der Waals surface area contributed by atoms with Crippen LogP contribution in [0.4, 0.5) is 9.52 Å². The minimum Gasteiger partial charge on any atom is -0.302 e. The van der Waals surface area contributed by atoms with Crippen molar-refractivity contribution in [2.75, 3.05) is 36.8 Å². The van der Waals surface area contributed by atoms with Gasteiger partial charge < -0.3 is 4.90 Å². The molecule has 0 radical (unpaired) electrons. The molecule has 0 spiro atoms. The Morgan fingerprint density at radius 3 is 2.34 bits per heavy atom. The normalized spacial score (nSPS) is 11.5. The van der Waals surface area contributed by atoms with Crippen LogP contribution in [0.15, 0.2) is 47.4 Å². The highest BCUT2D eigenvalue weighted by atomic mass is 35.5. The largest absolute Gasteiger partial charge is 0.302 e. The molecule has 174 valence electrons. The number of carbonyl (C=O) groups excluding carboxylic acids is 1. The van der Waals surface area contributed by atoms with Gasteiger partial charge in [0.2, 0.25) is 0 Å². The number of rotatable bonds is 9. The van der Waals surface area contributed by atoms with Gasteiger partial charge in [0.15, 0.2) is 15.0 Å². The SMILES string of the molecule is CCN(CC)CCN(C(=O)c1ccccc1S(=O)(=O)CC)c1nc2c(F)cccc2s1.Cl. The topological polar surface area (TPSA) is 70.6 Å². The van der Waals surface area contributed by atoms with Crippen LogP contribution in [0.1, 0.15) is 31.1 Å². The number of aromatic nitrogens is 1. The first-order valence-electron chi connectivity index (χ1n) is 10.2. The van der Waals surface area contributed by atoms with Crippen LogP contribution in [0.5, 0.6) is 0 Å². The molecular weight excluding hydrogens is 473 g/mol. The van der Waals surface area contributed by atoms with Gasteiger partial charge in [0.25, 0.3) is 5.91 Å². The molecule has 32 heavy (non-hydrogen) atoms. The molecule has 0 bridgehead atoms. The zero-order valence-corrected chi connectivity index (χ0v) is 20.7. The van der Waals surface area contributed by atoms with E-state index >= 15 is 0 Å². The summed E-state index contributed by atoms with van der Waals surface area (Å²) in [4.78, 5) is 21.6. The van der Waals surface area contributed by atoms with E-state index in [1.807, 2.05) is 13.8 Å². The molecule has 0 unspecified atom stereocenters. The van der Waals surface area contributed by atoms with Gasteiger partial charge in [0, 0.05) is 13.1 Å². The van der Waals surface area contributed by atoms with Crippen LogP contribution >= 0.6 is 23.7 Å². The van der Waals surface area contributed by atoms with Crippen LogP contribution in [-0.2, 0) is 9.84 Å².